The van der Waals surface area contributed by atoms with Crippen LogP contribution in [0.15, 0.2) is 42.5 Å². The summed E-state index contributed by atoms with van der Waals surface area (Å²) in [6.07, 6.45) is 1.10. The van der Waals surface area contributed by atoms with E-state index in [4.69, 9.17) is 9.47 Å². The van der Waals surface area contributed by atoms with Gasteiger partial charge in [0.1, 0.15) is 11.5 Å². The van der Waals surface area contributed by atoms with Crippen LogP contribution in [0, 0.1) is 0 Å². The SMILES string of the molecule is COc1ccc(OC)c(C(Br)C2Cc3ccccc32)c1. The van der Waals surface area contributed by atoms with Crippen molar-refractivity contribution in [1.29, 1.82) is 0 Å². The largest absolute Gasteiger partial charge is 0.497 e. The number of fused-ring (bicyclic) bond motifs is 1. The molecule has 1 aliphatic rings. The van der Waals surface area contributed by atoms with E-state index in [0.29, 0.717) is 5.92 Å². The van der Waals surface area contributed by atoms with Crippen LogP contribution in [-0.4, -0.2) is 14.2 Å². The van der Waals surface area contributed by atoms with E-state index in [9.17, 15) is 0 Å². The van der Waals surface area contributed by atoms with Crippen LogP contribution in [0.2, 0.25) is 0 Å². The molecule has 0 saturated carbocycles. The van der Waals surface area contributed by atoms with E-state index in [2.05, 4.69) is 46.3 Å². The number of rotatable bonds is 4. The molecule has 0 fully saturated rings. The zero-order valence-corrected chi connectivity index (χ0v) is 13.2. The number of hydrogen-bond acceptors (Lipinski definition) is 2. The second-order valence-corrected chi connectivity index (χ2v) is 6.01. The van der Waals surface area contributed by atoms with Crippen molar-refractivity contribution in [1.82, 2.24) is 0 Å². The van der Waals surface area contributed by atoms with Gasteiger partial charge >= 0.3 is 0 Å². The highest BCUT2D eigenvalue weighted by Crippen LogP contribution is 2.50. The quantitative estimate of drug-likeness (QED) is 0.768. The summed E-state index contributed by atoms with van der Waals surface area (Å²) in [7, 11) is 3.40. The van der Waals surface area contributed by atoms with E-state index < -0.39 is 0 Å². The molecule has 0 aliphatic heterocycles. The summed E-state index contributed by atoms with van der Waals surface area (Å²) in [5, 5.41) is 0. The van der Waals surface area contributed by atoms with Gasteiger partial charge in [0.05, 0.1) is 19.0 Å². The second kappa shape index (κ2) is 5.49. The fourth-order valence-electron chi connectivity index (χ4n) is 2.83. The first-order valence-corrected chi connectivity index (χ1v) is 7.60. The van der Waals surface area contributed by atoms with Crippen LogP contribution < -0.4 is 9.47 Å². The Morgan fingerprint density at radius 2 is 1.90 bits per heavy atom. The Labute approximate surface area is 127 Å². The fourth-order valence-corrected chi connectivity index (χ4v) is 3.66. The lowest BCUT2D eigenvalue weighted by molar-refractivity contribution is 0.396. The molecule has 3 heteroatoms. The first-order valence-electron chi connectivity index (χ1n) is 6.68. The molecule has 2 nitrogen and oxygen atoms in total. The monoisotopic (exact) mass is 332 g/mol. The van der Waals surface area contributed by atoms with Crippen molar-refractivity contribution >= 4 is 15.9 Å². The molecule has 20 heavy (non-hydrogen) atoms. The molecular weight excluding hydrogens is 316 g/mol. The molecule has 0 heterocycles. The molecule has 0 saturated heterocycles. The number of alkyl halides is 1. The Hall–Kier alpha value is -1.48. The van der Waals surface area contributed by atoms with E-state index in [0.717, 1.165) is 23.5 Å². The van der Waals surface area contributed by atoms with Crippen molar-refractivity contribution in [3.8, 4) is 11.5 Å². The maximum Gasteiger partial charge on any atom is 0.123 e. The molecule has 0 radical (unpaired) electrons. The van der Waals surface area contributed by atoms with E-state index in [-0.39, 0.29) is 4.83 Å². The lowest BCUT2D eigenvalue weighted by Gasteiger charge is -2.34. The van der Waals surface area contributed by atoms with Crippen molar-refractivity contribution in [2.24, 2.45) is 0 Å². The van der Waals surface area contributed by atoms with Crippen molar-refractivity contribution in [3.05, 3.63) is 59.2 Å². The minimum absolute atomic E-state index is 0.238. The summed E-state index contributed by atoms with van der Waals surface area (Å²) >= 11 is 3.85. The van der Waals surface area contributed by atoms with Crippen LogP contribution in [0.4, 0.5) is 0 Å². The van der Waals surface area contributed by atoms with E-state index in [1.165, 1.54) is 11.1 Å². The summed E-state index contributed by atoms with van der Waals surface area (Å²) in [4.78, 5) is 0.238. The standard InChI is InChI=1S/C17H17BrO2/c1-19-12-7-8-16(20-2)15(10-12)17(18)14-9-11-5-3-4-6-13(11)14/h3-8,10,14,17H,9H2,1-2H3. The van der Waals surface area contributed by atoms with Gasteiger partial charge in [-0.25, -0.2) is 0 Å². The van der Waals surface area contributed by atoms with E-state index in [1.54, 1.807) is 14.2 Å². The molecule has 0 amide bonds. The third-order valence-corrected chi connectivity index (χ3v) is 5.11. The topological polar surface area (TPSA) is 18.5 Å². The number of hydrogen-bond donors (Lipinski definition) is 0. The van der Waals surface area contributed by atoms with Crippen LogP contribution >= 0.6 is 15.9 Å². The minimum atomic E-state index is 0.238. The van der Waals surface area contributed by atoms with Gasteiger partial charge in [-0.15, -0.1) is 0 Å². The normalized spacial score (nSPS) is 17.9. The maximum atomic E-state index is 5.49. The van der Waals surface area contributed by atoms with Gasteiger partial charge in [0.15, 0.2) is 0 Å². The molecule has 0 N–H and O–H groups in total. The van der Waals surface area contributed by atoms with Crippen LogP contribution in [-0.2, 0) is 6.42 Å². The lowest BCUT2D eigenvalue weighted by Crippen LogP contribution is -2.21. The summed E-state index contributed by atoms with van der Waals surface area (Å²) in [6, 6.07) is 14.6. The maximum absolute atomic E-state index is 5.49. The number of halogens is 1. The minimum Gasteiger partial charge on any atom is -0.497 e. The van der Waals surface area contributed by atoms with Crippen molar-refractivity contribution < 1.29 is 9.47 Å². The molecule has 0 spiro atoms. The Morgan fingerprint density at radius 3 is 2.60 bits per heavy atom. The smallest absolute Gasteiger partial charge is 0.123 e. The van der Waals surface area contributed by atoms with E-state index >= 15 is 0 Å². The Balaban J connectivity index is 1.93. The van der Waals surface area contributed by atoms with Crippen LogP contribution in [0.25, 0.3) is 0 Å². The van der Waals surface area contributed by atoms with Crippen LogP contribution in [0.1, 0.15) is 27.4 Å². The fraction of sp³-hybridized carbons (Fsp3) is 0.294. The van der Waals surface area contributed by atoms with Gasteiger partial charge in [-0.05, 0) is 35.7 Å². The molecule has 2 aromatic carbocycles. The lowest BCUT2D eigenvalue weighted by atomic mass is 9.74. The highest BCUT2D eigenvalue weighted by atomic mass is 79.9. The predicted octanol–water partition coefficient (Wildman–Crippen LogP) is 4.48. The average molecular weight is 333 g/mol. The Morgan fingerprint density at radius 1 is 1.10 bits per heavy atom. The molecule has 104 valence electrons. The zero-order valence-electron chi connectivity index (χ0n) is 11.6. The van der Waals surface area contributed by atoms with Crippen LogP contribution in [0.3, 0.4) is 0 Å². The highest BCUT2D eigenvalue weighted by Gasteiger charge is 2.33. The number of ether oxygens (including phenoxy) is 2. The van der Waals surface area contributed by atoms with Gasteiger partial charge in [0, 0.05) is 11.5 Å². The third-order valence-electron chi connectivity index (χ3n) is 3.98. The number of benzene rings is 2. The second-order valence-electron chi connectivity index (χ2n) is 5.02. The Bertz CT molecular complexity index is 624. The molecule has 1 aliphatic carbocycles. The first kappa shape index (κ1) is 13.5. The van der Waals surface area contributed by atoms with Gasteiger partial charge in [0.2, 0.25) is 0 Å². The summed E-state index contributed by atoms with van der Waals surface area (Å²) in [5.41, 5.74) is 4.02. The van der Waals surface area contributed by atoms with Crippen molar-refractivity contribution in [3.63, 3.8) is 0 Å². The van der Waals surface area contributed by atoms with Crippen molar-refractivity contribution in [2.45, 2.75) is 17.2 Å². The van der Waals surface area contributed by atoms with Crippen LogP contribution in [0.5, 0.6) is 11.5 Å². The molecular formula is C17H17BrO2. The Kier molecular flexibility index (Phi) is 3.70. The molecule has 0 aromatic heterocycles. The molecule has 2 atom stereocenters. The van der Waals surface area contributed by atoms with E-state index in [1.807, 2.05) is 12.1 Å². The van der Waals surface area contributed by atoms with Gasteiger partial charge < -0.3 is 9.47 Å². The molecule has 2 unspecified atom stereocenters. The summed E-state index contributed by atoms with van der Waals surface area (Å²) < 4.78 is 10.8. The first-order chi connectivity index (χ1) is 9.74. The summed E-state index contributed by atoms with van der Waals surface area (Å²) in [5.74, 6) is 2.25. The number of methoxy groups -OCH3 is 2. The predicted molar refractivity (Wildman–Crippen MR) is 84.1 cm³/mol. The molecule has 0 bridgehead atoms. The van der Waals surface area contributed by atoms with Gasteiger partial charge in [-0.3, -0.25) is 0 Å². The average Bonchev–Trinajstić information content (AvgIpc) is 2.47. The molecule has 2 aromatic rings. The zero-order chi connectivity index (χ0) is 14.1. The van der Waals surface area contributed by atoms with Gasteiger partial charge in [0.25, 0.3) is 0 Å². The summed E-state index contributed by atoms with van der Waals surface area (Å²) in [6.45, 7) is 0. The molecule has 3 rings (SSSR count). The highest BCUT2D eigenvalue weighted by molar-refractivity contribution is 9.09. The van der Waals surface area contributed by atoms with Crippen molar-refractivity contribution in [2.75, 3.05) is 14.2 Å². The van der Waals surface area contributed by atoms with Gasteiger partial charge in [-0.1, -0.05) is 40.2 Å². The third kappa shape index (κ3) is 2.20. The van der Waals surface area contributed by atoms with Gasteiger partial charge in [-0.2, -0.15) is 0 Å².